The standard InChI is InChI=1S/C15H23NO2/c1-12(2)18-14-6-3-5-13(9-14)10-16-11-15-7-4-8-17-15/h3,5-6,9,12,15-16H,4,7-8,10-11H2,1-2H3. The lowest BCUT2D eigenvalue weighted by Gasteiger charge is -2.13. The van der Waals surface area contributed by atoms with Crippen LogP contribution in [0.2, 0.25) is 0 Å². The molecule has 18 heavy (non-hydrogen) atoms. The van der Waals surface area contributed by atoms with Gasteiger partial charge in [0.15, 0.2) is 0 Å². The van der Waals surface area contributed by atoms with Gasteiger partial charge in [-0.3, -0.25) is 0 Å². The van der Waals surface area contributed by atoms with Crippen molar-refractivity contribution < 1.29 is 9.47 Å². The van der Waals surface area contributed by atoms with Crippen molar-refractivity contribution in [2.45, 2.75) is 45.4 Å². The van der Waals surface area contributed by atoms with E-state index in [1.54, 1.807) is 0 Å². The van der Waals surface area contributed by atoms with Gasteiger partial charge in [0.25, 0.3) is 0 Å². The molecule has 0 aliphatic carbocycles. The minimum absolute atomic E-state index is 0.222. The van der Waals surface area contributed by atoms with Gasteiger partial charge in [-0.05, 0) is 44.4 Å². The maximum atomic E-state index is 5.68. The molecular formula is C15H23NO2. The van der Waals surface area contributed by atoms with Gasteiger partial charge in [-0.2, -0.15) is 0 Å². The third-order valence-electron chi connectivity index (χ3n) is 3.00. The Morgan fingerprint density at radius 2 is 2.33 bits per heavy atom. The Labute approximate surface area is 109 Å². The fourth-order valence-corrected chi connectivity index (χ4v) is 2.18. The summed E-state index contributed by atoms with van der Waals surface area (Å²) in [4.78, 5) is 0. The Hall–Kier alpha value is -1.06. The fourth-order valence-electron chi connectivity index (χ4n) is 2.18. The molecule has 0 radical (unpaired) electrons. The van der Waals surface area contributed by atoms with Gasteiger partial charge >= 0.3 is 0 Å². The average molecular weight is 249 g/mol. The summed E-state index contributed by atoms with van der Waals surface area (Å²) in [7, 11) is 0. The van der Waals surface area contributed by atoms with E-state index in [0.29, 0.717) is 6.10 Å². The molecule has 0 saturated carbocycles. The normalized spacial score (nSPS) is 19.4. The third-order valence-corrected chi connectivity index (χ3v) is 3.00. The van der Waals surface area contributed by atoms with E-state index in [4.69, 9.17) is 9.47 Å². The topological polar surface area (TPSA) is 30.5 Å². The Balaban J connectivity index is 1.77. The summed E-state index contributed by atoms with van der Waals surface area (Å²) in [6.45, 7) is 6.82. The van der Waals surface area contributed by atoms with Crippen LogP contribution in [0.1, 0.15) is 32.3 Å². The quantitative estimate of drug-likeness (QED) is 0.841. The SMILES string of the molecule is CC(C)Oc1cccc(CNCC2CCCO2)c1. The highest BCUT2D eigenvalue weighted by molar-refractivity contribution is 5.28. The lowest BCUT2D eigenvalue weighted by Crippen LogP contribution is -2.25. The van der Waals surface area contributed by atoms with Crippen molar-refractivity contribution >= 4 is 0 Å². The van der Waals surface area contributed by atoms with Crippen LogP contribution in [0.3, 0.4) is 0 Å². The summed E-state index contributed by atoms with van der Waals surface area (Å²) >= 11 is 0. The van der Waals surface area contributed by atoms with Crippen molar-refractivity contribution in [3.05, 3.63) is 29.8 Å². The highest BCUT2D eigenvalue weighted by atomic mass is 16.5. The van der Waals surface area contributed by atoms with Gasteiger partial charge in [-0.15, -0.1) is 0 Å². The van der Waals surface area contributed by atoms with Gasteiger partial charge in [0.2, 0.25) is 0 Å². The average Bonchev–Trinajstić information content (AvgIpc) is 2.82. The fraction of sp³-hybridized carbons (Fsp3) is 0.600. The van der Waals surface area contributed by atoms with Crippen molar-refractivity contribution in [3.63, 3.8) is 0 Å². The van der Waals surface area contributed by atoms with E-state index in [1.807, 2.05) is 26.0 Å². The Bertz CT molecular complexity index is 359. The molecule has 3 heteroatoms. The lowest BCUT2D eigenvalue weighted by molar-refractivity contribution is 0.110. The Morgan fingerprint density at radius 1 is 1.44 bits per heavy atom. The minimum Gasteiger partial charge on any atom is -0.491 e. The number of hydrogen-bond acceptors (Lipinski definition) is 3. The predicted molar refractivity (Wildman–Crippen MR) is 72.9 cm³/mol. The van der Waals surface area contributed by atoms with Crippen LogP contribution in [0.5, 0.6) is 5.75 Å². The van der Waals surface area contributed by atoms with E-state index in [-0.39, 0.29) is 6.10 Å². The molecule has 1 unspecified atom stereocenters. The van der Waals surface area contributed by atoms with E-state index in [2.05, 4.69) is 17.4 Å². The summed E-state index contributed by atoms with van der Waals surface area (Å²) in [6.07, 6.45) is 3.01. The first kappa shape index (κ1) is 13.4. The molecule has 1 heterocycles. The maximum Gasteiger partial charge on any atom is 0.120 e. The first-order valence-corrected chi connectivity index (χ1v) is 6.82. The molecule has 2 rings (SSSR count). The van der Waals surface area contributed by atoms with Crippen LogP contribution in [-0.2, 0) is 11.3 Å². The molecule has 1 fully saturated rings. The largest absolute Gasteiger partial charge is 0.491 e. The van der Waals surface area contributed by atoms with Crippen LogP contribution < -0.4 is 10.1 Å². The van der Waals surface area contributed by atoms with Crippen molar-refractivity contribution in [1.29, 1.82) is 0 Å². The van der Waals surface area contributed by atoms with Gasteiger partial charge in [-0.25, -0.2) is 0 Å². The van der Waals surface area contributed by atoms with E-state index in [1.165, 1.54) is 18.4 Å². The summed E-state index contributed by atoms with van der Waals surface area (Å²) in [5.74, 6) is 0.946. The number of nitrogens with one attached hydrogen (secondary N) is 1. The van der Waals surface area contributed by atoms with E-state index < -0.39 is 0 Å². The Kier molecular flexibility index (Phi) is 5.02. The van der Waals surface area contributed by atoms with Crippen LogP contribution >= 0.6 is 0 Å². The molecule has 1 aromatic rings. The second-order valence-electron chi connectivity index (χ2n) is 5.08. The maximum absolute atomic E-state index is 5.68. The highest BCUT2D eigenvalue weighted by Gasteiger charge is 2.14. The van der Waals surface area contributed by atoms with Crippen molar-refractivity contribution in [1.82, 2.24) is 5.32 Å². The second-order valence-corrected chi connectivity index (χ2v) is 5.08. The zero-order valence-electron chi connectivity index (χ0n) is 11.3. The number of rotatable bonds is 6. The van der Waals surface area contributed by atoms with Crippen molar-refractivity contribution in [2.24, 2.45) is 0 Å². The zero-order chi connectivity index (χ0) is 12.8. The monoisotopic (exact) mass is 249 g/mol. The molecule has 100 valence electrons. The zero-order valence-corrected chi connectivity index (χ0v) is 11.3. The molecule has 3 nitrogen and oxygen atoms in total. The molecule has 1 aliphatic rings. The molecule has 1 N–H and O–H groups in total. The highest BCUT2D eigenvalue weighted by Crippen LogP contribution is 2.15. The molecule has 0 bridgehead atoms. The van der Waals surface area contributed by atoms with Crippen LogP contribution in [-0.4, -0.2) is 25.4 Å². The summed E-state index contributed by atoms with van der Waals surface area (Å²) in [5.41, 5.74) is 1.26. The molecule has 0 spiro atoms. The molecule has 1 atom stereocenters. The van der Waals surface area contributed by atoms with E-state index in [9.17, 15) is 0 Å². The van der Waals surface area contributed by atoms with Crippen LogP contribution in [0, 0.1) is 0 Å². The minimum atomic E-state index is 0.222. The van der Waals surface area contributed by atoms with Crippen LogP contribution in [0.25, 0.3) is 0 Å². The first-order chi connectivity index (χ1) is 8.74. The van der Waals surface area contributed by atoms with Crippen molar-refractivity contribution in [2.75, 3.05) is 13.2 Å². The summed E-state index contributed by atoms with van der Waals surface area (Å²) in [6, 6.07) is 8.27. The number of benzene rings is 1. The predicted octanol–water partition coefficient (Wildman–Crippen LogP) is 2.74. The summed E-state index contributed by atoms with van der Waals surface area (Å²) in [5, 5.41) is 3.44. The van der Waals surface area contributed by atoms with Crippen LogP contribution in [0.4, 0.5) is 0 Å². The molecule has 0 amide bonds. The smallest absolute Gasteiger partial charge is 0.120 e. The molecule has 0 aromatic heterocycles. The van der Waals surface area contributed by atoms with Gasteiger partial charge < -0.3 is 14.8 Å². The molecule has 1 aliphatic heterocycles. The van der Waals surface area contributed by atoms with Gasteiger partial charge in [0, 0.05) is 19.7 Å². The van der Waals surface area contributed by atoms with Crippen LogP contribution in [0.15, 0.2) is 24.3 Å². The third kappa shape index (κ3) is 4.31. The van der Waals surface area contributed by atoms with Gasteiger partial charge in [0.05, 0.1) is 12.2 Å². The summed E-state index contributed by atoms with van der Waals surface area (Å²) < 4.78 is 11.3. The van der Waals surface area contributed by atoms with Gasteiger partial charge in [-0.1, -0.05) is 12.1 Å². The molecule has 1 aromatic carbocycles. The molecule has 1 saturated heterocycles. The molecular weight excluding hydrogens is 226 g/mol. The number of hydrogen-bond donors (Lipinski definition) is 1. The lowest BCUT2D eigenvalue weighted by atomic mass is 10.2. The Morgan fingerprint density at radius 3 is 3.06 bits per heavy atom. The number of ether oxygens (including phenoxy) is 2. The second kappa shape index (κ2) is 6.76. The van der Waals surface area contributed by atoms with Crippen molar-refractivity contribution in [3.8, 4) is 5.75 Å². The van der Waals surface area contributed by atoms with Gasteiger partial charge in [0.1, 0.15) is 5.75 Å². The van der Waals surface area contributed by atoms with E-state index >= 15 is 0 Å². The first-order valence-electron chi connectivity index (χ1n) is 6.82. The van der Waals surface area contributed by atoms with E-state index in [0.717, 1.165) is 25.4 Å².